The first-order valence-electron chi connectivity index (χ1n) is 12.5. The monoisotopic (exact) mass is 436 g/mol. The fourth-order valence-corrected chi connectivity index (χ4v) is 7.07. The summed E-state index contributed by atoms with van der Waals surface area (Å²) < 4.78 is 8.71. The molecule has 6 nitrogen and oxygen atoms in total. The second-order valence-electron chi connectivity index (χ2n) is 10.6. The van der Waals surface area contributed by atoms with Crippen LogP contribution in [0.15, 0.2) is 42.7 Å². The fraction of sp³-hybridized carbons (Fsp3) is 0.654. The molecule has 2 aromatic rings. The summed E-state index contributed by atoms with van der Waals surface area (Å²) in [5, 5.41) is 14.6. The summed E-state index contributed by atoms with van der Waals surface area (Å²) in [5.41, 5.74) is 2.54. The molecule has 4 heterocycles. The Hall–Kier alpha value is -1.73. The Labute approximate surface area is 191 Å². The number of fused-ring (bicyclic) bond motifs is 1. The summed E-state index contributed by atoms with van der Waals surface area (Å²) in [4.78, 5) is 5.31. The van der Waals surface area contributed by atoms with Gasteiger partial charge >= 0.3 is 0 Å². The Kier molecular flexibility index (Phi) is 5.58. The highest BCUT2D eigenvalue weighted by molar-refractivity contribution is 5.24. The van der Waals surface area contributed by atoms with E-state index in [0.29, 0.717) is 5.92 Å². The van der Waals surface area contributed by atoms with Crippen LogP contribution in [0.5, 0.6) is 0 Å². The lowest BCUT2D eigenvalue weighted by Crippen LogP contribution is -2.57. The van der Waals surface area contributed by atoms with Gasteiger partial charge in [-0.25, -0.2) is 0 Å². The number of aliphatic hydroxyl groups is 1. The number of benzene rings is 1. The Bertz CT molecular complexity index is 912. The lowest BCUT2D eigenvalue weighted by atomic mass is 9.83. The maximum absolute atomic E-state index is 10.3. The summed E-state index contributed by atoms with van der Waals surface area (Å²) in [6.45, 7) is 6.08. The normalized spacial score (nSPS) is 33.6. The van der Waals surface area contributed by atoms with Crippen molar-refractivity contribution in [3.63, 3.8) is 0 Å². The lowest BCUT2D eigenvalue weighted by Gasteiger charge is -2.45. The zero-order valence-electron chi connectivity index (χ0n) is 19.0. The predicted octanol–water partition coefficient (Wildman–Crippen LogP) is 2.76. The van der Waals surface area contributed by atoms with Crippen molar-refractivity contribution < 1.29 is 9.84 Å². The van der Waals surface area contributed by atoms with E-state index in [1.165, 1.54) is 43.2 Å². The largest absolute Gasteiger partial charge is 0.396 e. The van der Waals surface area contributed by atoms with Crippen molar-refractivity contribution in [2.24, 2.45) is 11.8 Å². The number of hydrogen-bond donors (Lipinski definition) is 1. The number of morpholine rings is 1. The molecule has 6 rings (SSSR count). The van der Waals surface area contributed by atoms with E-state index in [0.717, 1.165) is 45.3 Å². The van der Waals surface area contributed by atoms with Crippen molar-refractivity contribution in [3.05, 3.63) is 53.9 Å². The van der Waals surface area contributed by atoms with E-state index >= 15 is 0 Å². The molecular formula is C26H36N4O2. The smallest absolute Gasteiger partial charge is 0.0984 e. The first-order chi connectivity index (χ1) is 15.7. The maximum Gasteiger partial charge on any atom is 0.0984 e. The van der Waals surface area contributed by atoms with E-state index in [-0.39, 0.29) is 24.2 Å². The zero-order valence-corrected chi connectivity index (χ0v) is 19.0. The van der Waals surface area contributed by atoms with Crippen LogP contribution in [-0.2, 0) is 17.8 Å². The summed E-state index contributed by atoms with van der Waals surface area (Å²) in [5.74, 6) is 0.720. The third kappa shape index (κ3) is 3.81. The predicted molar refractivity (Wildman–Crippen MR) is 123 cm³/mol. The van der Waals surface area contributed by atoms with Gasteiger partial charge in [-0.2, -0.15) is 5.10 Å². The summed E-state index contributed by atoms with van der Waals surface area (Å²) in [6, 6.07) is 11.6. The van der Waals surface area contributed by atoms with E-state index in [1.807, 2.05) is 23.1 Å². The van der Waals surface area contributed by atoms with Gasteiger partial charge in [0.2, 0.25) is 0 Å². The molecule has 0 amide bonds. The number of rotatable bonds is 6. The molecule has 172 valence electrons. The van der Waals surface area contributed by atoms with E-state index in [2.05, 4.69) is 39.2 Å². The van der Waals surface area contributed by atoms with Gasteiger partial charge in [0.25, 0.3) is 0 Å². The van der Waals surface area contributed by atoms with Crippen LogP contribution in [-0.4, -0.2) is 75.2 Å². The topological polar surface area (TPSA) is 53.8 Å². The molecule has 4 aliphatic rings. The minimum absolute atomic E-state index is 0.0968. The van der Waals surface area contributed by atoms with Crippen LogP contribution in [0.2, 0.25) is 0 Å². The average molecular weight is 437 g/mol. The number of aliphatic hydroxyl groups excluding tert-OH is 1. The van der Waals surface area contributed by atoms with Gasteiger partial charge in [-0.15, -0.1) is 0 Å². The SMILES string of the molecule is OC[C@H]1[C@H]2CN(Cc3cccc(Cn4cccn4)c3)C[C@]23CN(C2CCCCC2)C[C@H]1O3. The van der Waals surface area contributed by atoms with Crippen molar-refractivity contribution >= 4 is 0 Å². The molecule has 3 aliphatic heterocycles. The van der Waals surface area contributed by atoms with Crippen molar-refractivity contribution in [2.75, 3.05) is 32.8 Å². The molecule has 0 radical (unpaired) electrons. The molecular weight excluding hydrogens is 400 g/mol. The second-order valence-corrected chi connectivity index (χ2v) is 10.6. The Morgan fingerprint density at radius 3 is 2.66 bits per heavy atom. The zero-order chi connectivity index (χ0) is 21.5. The van der Waals surface area contributed by atoms with E-state index < -0.39 is 0 Å². The minimum atomic E-state index is -0.0968. The molecule has 4 fully saturated rings. The Morgan fingerprint density at radius 2 is 1.88 bits per heavy atom. The molecule has 3 saturated heterocycles. The number of ether oxygens (including phenoxy) is 1. The first kappa shape index (κ1) is 20.8. The van der Waals surface area contributed by atoms with Gasteiger partial charge in [0.1, 0.15) is 0 Å². The third-order valence-electron chi connectivity index (χ3n) is 8.49. The van der Waals surface area contributed by atoms with Crippen LogP contribution in [0.25, 0.3) is 0 Å². The number of hydrogen-bond acceptors (Lipinski definition) is 5. The van der Waals surface area contributed by atoms with Crippen LogP contribution in [0, 0.1) is 11.8 Å². The molecule has 1 aromatic heterocycles. The molecule has 32 heavy (non-hydrogen) atoms. The van der Waals surface area contributed by atoms with Gasteiger partial charge in [0, 0.05) is 69.6 Å². The molecule has 1 saturated carbocycles. The van der Waals surface area contributed by atoms with Crippen molar-refractivity contribution in [2.45, 2.75) is 62.9 Å². The maximum atomic E-state index is 10.3. The molecule has 1 N–H and O–H groups in total. The summed E-state index contributed by atoms with van der Waals surface area (Å²) >= 11 is 0. The third-order valence-corrected chi connectivity index (χ3v) is 8.49. The van der Waals surface area contributed by atoms with Gasteiger partial charge in [0.15, 0.2) is 0 Å². The standard InChI is InChI=1S/C26H36N4O2/c31-17-23-24-15-28(13-20-6-4-7-21(12-20)14-30-11-5-10-27-30)18-26(24)19-29(16-25(23)32-26)22-8-2-1-3-9-22/h4-7,10-12,22-25,31H,1-3,8-9,13-19H2/t23-,24+,25+,26-/m0/s1. The molecule has 1 aromatic carbocycles. The number of aromatic nitrogens is 2. The van der Waals surface area contributed by atoms with Gasteiger partial charge in [-0.05, 0) is 30.0 Å². The number of nitrogens with zero attached hydrogens (tertiary/aromatic N) is 4. The quantitative estimate of drug-likeness (QED) is 0.755. The molecule has 1 spiro atoms. The van der Waals surface area contributed by atoms with Gasteiger partial charge in [-0.3, -0.25) is 14.5 Å². The van der Waals surface area contributed by atoms with Crippen LogP contribution in [0.4, 0.5) is 0 Å². The highest BCUT2D eigenvalue weighted by atomic mass is 16.5. The van der Waals surface area contributed by atoms with Gasteiger partial charge in [0.05, 0.1) is 18.2 Å². The highest BCUT2D eigenvalue weighted by Gasteiger charge is 2.62. The van der Waals surface area contributed by atoms with Crippen LogP contribution in [0.1, 0.15) is 43.2 Å². The van der Waals surface area contributed by atoms with E-state index in [1.54, 1.807) is 0 Å². The van der Waals surface area contributed by atoms with Crippen molar-refractivity contribution in [1.82, 2.24) is 19.6 Å². The van der Waals surface area contributed by atoms with Gasteiger partial charge < -0.3 is 9.84 Å². The molecule has 2 bridgehead atoms. The van der Waals surface area contributed by atoms with Crippen LogP contribution >= 0.6 is 0 Å². The van der Waals surface area contributed by atoms with Crippen molar-refractivity contribution in [3.8, 4) is 0 Å². The van der Waals surface area contributed by atoms with Crippen LogP contribution < -0.4 is 0 Å². The Balaban J connectivity index is 1.17. The highest BCUT2D eigenvalue weighted by Crippen LogP contribution is 2.50. The average Bonchev–Trinajstić information content (AvgIpc) is 3.47. The second kappa shape index (κ2) is 8.56. The first-order valence-corrected chi connectivity index (χ1v) is 12.5. The number of likely N-dealkylation sites (tertiary alicyclic amines) is 2. The molecule has 1 aliphatic carbocycles. The van der Waals surface area contributed by atoms with Gasteiger partial charge in [-0.1, -0.05) is 43.5 Å². The molecule has 0 unspecified atom stereocenters. The van der Waals surface area contributed by atoms with E-state index in [4.69, 9.17) is 4.74 Å². The van der Waals surface area contributed by atoms with Crippen LogP contribution in [0.3, 0.4) is 0 Å². The van der Waals surface area contributed by atoms with Crippen molar-refractivity contribution in [1.29, 1.82) is 0 Å². The fourth-order valence-electron chi connectivity index (χ4n) is 7.07. The molecule has 6 heteroatoms. The van der Waals surface area contributed by atoms with E-state index in [9.17, 15) is 5.11 Å². The summed E-state index contributed by atoms with van der Waals surface area (Å²) in [7, 11) is 0. The Morgan fingerprint density at radius 1 is 1.03 bits per heavy atom. The minimum Gasteiger partial charge on any atom is -0.396 e. The summed E-state index contributed by atoms with van der Waals surface area (Å²) in [6.07, 6.45) is 10.9. The molecule has 4 atom stereocenters. The lowest BCUT2D eigenvalue weighted by molar-refractivity contribution is -0.129.